The first-order valence-corrected chi connectivity index (χ1v) is 3.51. The summed E-state index contributed by atoms with van der Waals surface area (Å²) >= 11 is 0. The van der Waals surface area contributed by atoms with Crippen molar-refractivity contribution >= 4 is 5.97 Å². The van der Waals surface area contributed by atoms with E-state index in [1.54, 1.807) is 19.1 Å². The largest absolute Gasteiger partial charge is 1.00 e. The fraction of sp³-hybridized carbons (Fsp3) is 0.222. The molecular formula is C9H9LiO3. The fourth-order valence-electron chi connectivity index (χ4n) is 1.08. The van der Waals surface area contributed by atoms with Gasteiger partial charge >= 0.3 is 18.9 Å². The van der Waals surface area contributed by atoms with E-state index in [0.29, 0.717) is 5.75 Å². The van der Waals surface area contributed by atoms with Crippen molar-refractivity contribution in [1.29, 1.82) is 0 Å². The van der Waals surface area contributed by atoms with Gasteiger partial charge in [-0.1, -0.05) is 12.1 Å². The van der Waals surface area contributed by atoms with Gasteiger partial charge in [-0.05, 0) is 18.6 Å². The van der Waals surface area contributed by atoms with Gasteiger partial charge in [-0.3, -0.25) is 0 Å². The zero-order chi connectivity index (χ0) is 9.14. The second-order valence-corrected chi connectivity index (χ2v) is 2.44. The molecule has 0 saturated carbocycles. The number of aromatic carboxylic acids is 1. The van der Waals surface area contributed by atoms with Crippen LogP contribution in [-0.4, -0.2) is 13.1 Å². The molecule has 0 heterocycles. The van der Waals surface area contributed by atoms with Crippen LogP contribution >= 0.6 is 0 Å². The van der Waals surface area contributed by atoms with E-state index in [9.17, 15) is 9.90 Å². The van der Waals surface area contributed by atoms with E-state index in [-0.39, 0.29) is 24.4 Å². The number of ether oxygens (including phenoxy) is 1. The van der Waals surface area contributed by atoms with Crippen molar-refractivity contribution < 1.29 is 33.5 Å². The summed E-state index contributed by atoms with van der Waals surface area (Å²) in [6.45, 7) is 1.78. The Morgan fingerprint density at radius 1 is 1.46 bits per heavy atom. The summed E-state index contributed by atoms with van der Waals surface area (Å²) in [4.78, 5) is 10.5. The van der Waals surface area contributed by atoms with Gasteiger partial charge < -0.3 is 14.6 Å². The summed E-state index contributed by atoms with van der Waals surface area (Å²) in [6.07, 6.45) is 0. The third-order valence-electron chi connectivity index (χ3n) is 1.64. The van der Waals surface area contributed by atoms with E-state index in [2.05, 4.69) is 0 Å². The van der Waals surface area contributed by atoms with Gasteiger partial charge in [0.1, 0.15) is 5.75 Å². The van der Waals surface area contributed by atoms with Crippen molar-refractivity contribution in [2.24, 2.45) is 0 Å². The average Bonchev–Trinajstić information content (AvgIpc) is 2.03. The van der Waals surface area contributed by atoms with Crippen molar-refractivity contribution in [3.63, 3.8) is 0 Å². The number of methoxy groups -OCH3 is 1. The molecule has 0 N–H and O–H groups in total. The van der Waals surface area contributed by atoms with Crippen molar-refractivity contribution in [2.75, 3.05) is 7.11 Å². The average molecular weight is 172 g/mol. The molecule has 0 aliphatic rings. The monoisotopic (exact) mass is 172 g/mol. The van der Waals surface area contributed by atoms with Gasteiger partial charge in [0.2, 0.25) is 0 Å². The smallest absolute Gasteiger partial charge is 0.545 e. The van der Waals surface area contributed by atoms with Gasteiger partial charge in [-0.2, -0.15) is 0 Å². The molecule has 3 nitrogen and oxygen atoms in total. The Morgan fingerprint density at radius 3 is 2.46 bits per heavy atom. The second kappa shape index (κ2) is 4.96. The predicted octanol–water partition coefficient (Wildman–Crippen LogP) is -2.63. The number of carboxylic acids is 1. The Labute approximate surface area is 88.9 Å². The number of carboxylic acid groups (broad SMARTS) is 1. The van der Waals surface area contributed by atoms with E-state index in [1.807, 2.05) is 0 Å². The molecule has 0 atom stereocenters. The maximum absolute atomic E-state index is 10.5. The van der Waals surface area contributed by atoms with Crippen LogP contribution in [0.4, 0.5) is 0 Å². The van der Waals surface area contributed by atoms with E-state index < -0.39 is 5.97 Å². The molecule has 64 valence electrons. The minimum absolute atomic E-state index is 0. The van der Waals surface area contributed by atoms with Crippen LogP contribution in [0.1, 0.15) is 15.9 Å². The van der Waals surface area contributed by atoms with Crippen LogP contribution in [0.15, 0.2) is 18.2 Å². The summed E-state index contributed by atoms with van der Waals surface area (Å²) in [5.41, 5.74) is 0.886. The first-order chi connectivity index (χ1) is 5.66. The topological polar surface area (TPSA) is 49.4 Å². The third-order valence-corrected chi connectivity index (χ3v) is 1.64. The molecule has 0 bridgehead atoms. The van der Waals surface area contributed by atoms with Crippen molar-refractivity contribution in [1.82, 2.24) is 0 Å². The van der Waals surface area contributed by atoms with Gasteiger partial charge in [-0.25, -0.2) is 0 Å². The van der Waals surface area contributed by atoms with Gasteiger partial charge in [0.05, 0.1) is 13.1 Å². The van der Waals surface area contributed by atoms with Crippen molar-refractivity contribution in [2.45, 2.75) is 6.92 Å². The van der Waals surface area contributed by atoms with Gasteiger partial charge in [0, 0.05) is 5.56 Å². The van der Waals surface area contributed by atoms with Crippen LogP contribution in [0.2, 0.25) is 0 Å². The Kier molecular flexibility index (Phi) is 4.61. The fourth-order valence-corrected chi connectivity index (χ4v) is 1.08. The van der Waals surface area contributed by atoms with Crippen LogP contribution in [0, 0.1) is 6.92 Å². The first kappa shape index (κ1) is 12.1. The second-order valence-electron chi connectivity index (χ2n) is 2.44. The first-order valence-electron chi connectivity index (χ1n) is 3.51. The summed E-state index contributed by atoms with van der Waals surface area (Å²) in [5, 5.41) is 10.5. The molecular weight excluding hydrogens is 163 g/mol. The van der Waals surface area contributed by atoms with Crippen LogP contribution in [0.25, 0.3) is 0 Å². The molecule has 0 aromatic heterocycles. The van der Waals surface area contributed by atoms with Crippen LogP contribution in [0.5, 0.6) is 5.75 Å². The summed E-state index contributed by atoms with van der Waals surface area (Å²) in [6, 6.07) is 4.90. The summed E-state index contributed by atoms with van der Waals surface area (Å²) in [5.74, 6) is -0.840. The molecule has 0 spiro atoms. The maximum Gasteiger partial charge on any atom is 1.00 e. The number of carbonyl (C=O) groups excluding carboxylic acids is 1. The van der Waals surface area contributed by atoms with Crippen molar-refractivity contribution in [3.05, 3.63) is 29.3 Å². The van der Waals surface area contributed by atoms with Crippen molar-refractivity contribution in [3.8, 4) is 5.75 Å². The molecule has 0 amide bonds. The SMILES string of the molecule is COc1c(C)cccc1C(=O)[O-].[Li+]. The quantitative estimate of drug-likeness (QED) is 0.458. The molecule has 1 rings (SSSR count). The molecule has 4 heteroatoms. The van der Waals surface area contributed by atoms with Crippen LogP contribution in [0.3, 0.4) is 0 Å². The molecule has 1 aromatic carbocycles. The maximum atomic E-state index is 10.5. The number of para-hydroxylation sites is 1. The number of carbonyl (C=O) groups is 1. The minimum atomic E-state index is -1.21. The van der Waals surface area contributed by atoms with Gasteiger partial charge in [0.15, 0.2) is 0 Å². The van der Waals surface area contributed by atoms with E-state index in [1.165, 1.54) is 13.2 Å². The summed E-state index contributed by atoms with van der Waals surface area (Å²) in [7, 11) is 1.44. The Hall–Kier alpha value is -0.913. The minimum Gasteiger partial charge on any atom is -0.545 e. The van der Waals surface area contributed by atoms with E-state index >= 15 is 0 Å². The molecule has 1 aromatic rings. The number of benzene rings is 1. The zero-order valence-corrected chi connectivity index (χ0v) is 7.96. The number of hydrogen-bond acceptors (Lipinski definition) is 3. The van der Waals surface area contributed by atoms with Crippen LogP contribution < -0.4 is 28.7 Å². The predicted molar refractivity (Wildman–Crippen MR) is 42.1 cm³/mol. The normalized spacial score (nSPS) is 8.77. The van der Waals surface area contributed by atoms with E-state index in [0.717, 1.165) is 5.56 Å². The Bertz CT molecular complexity index is 310. The number of hydrogen-bond donors (Lipinski definition) is 0. The van der Waals surface area contributed by atoms with Crippen LogP contribution in [-0.2, 0) is 0 Å². The summed E-state index contributed by atoms with van der Waals surface area (Å²) < 4.78 is 4.92. The standard InChI is InChI=1S/C9H10O3.Li/c1-6-4-3-5-7(9(10)11)8(6)12-2;/h3-5H,1-2H3,(H,10,11);/q;+1/p-1. The molecule has 0 fully saturated rings. The molecule has 0 aliphatic carbocycles. The van der Waals surface area contributed by atoms with E-state index in [4.69, 9.17) is 4.74 Å². The molecule has 0 unspecified atom stereocenters. The molecule has 0 aliphatic heterocycles. The number of rotatable bonds is 2. The molecule has 0 radical (unpaired) electrons. The molecule has 0 saturated heterocycles. The third kappa shape index (κ3) is 2.51. The Morgan fingerprint density at radius 2 is 2.08 bits per heavy atom. The number of aryl methyl sites for hydroxylation is 1. The molecule has 13 heavy (non-hydrogen) atoms. The zero-order valence-electron chi connectivity index (χ0n) is 7.96. The van der Waals surface area contributed by atoms with Gasteiger partial charge in [-0.15, -0.1) is 0 Å². The Balaban J connectivity index is 0.00000144. The van der Waals surface area contributed by atoms with Gasteiger partial charge in [0.25, 0.3) is 0 Å².